The molecule has 7 heteroatoms. The number of pyridine rings is 1. The summed E-state index contributed by atoms with van der Waals surface area (Å²) < 4.78 is 0. The van der Waals surface area contributed by atoms with E-state index in [-0.39, 0.29) is 11.9 Å². The first-order valence-corrected chi connectivity index (χ1v) is 9.38. The molecule has 1 aliphatic rings. The average molecular weight is 368 g/mol. The van der Waals surface area contributed by atoms with Gasteiger partial charge in [-0.3, -0.25) is 14.7 Å². The van der Waals surface area contributed by atoms with Crippen molar-refractivity contribution in [3.8, 4) is 11.4 Å². The second-order valence-electron chi connectivity index (χ2n) is 7.19. The number of amides is 1. The molecule has 0 radical (unpaired) electrons. The monoisotopic (exact) mass is 368 g/mol. The maximum absolute atomic E-state index is 12.9. The minimum absolute atomic E-state index is 0.133. The molecule has 0 saturated carbocycles. The van der Waals surface area contributed by atoms with E-state index in [4.69, 9.17) is 9.97 Å². The summed E-state index contributed by atoms with van der Waals surface area (Å²) in [6.45, 7) is 6.10. The van der Waals surface area contributed by atoms with Gasteiger partial charge in [-0.05, 0) is 39.1 Å². The summed E-state index contributed by atoms with van der Waals surface area (Å²) in [5, 5.41) is 0. The van der Waals surface area contributed by atoms with Gasteiger partial charge in [0, 0.05) is 44.2 Å². The molecule has 2 aromatic rings. The molecule has 144 valence electrons. The van der Waals surface area contributed by atoms with E-state index < -0.39 is 0 Å². The number of aromatic nitrogens is 3. The van der Waals surface area contributed by atoms with Crippen molar-refractivity contribution in [2.45, 2.75) is 32.9 Å². The summed E-state index contributed by atoms with van der Waals surface area (Å²) in [4.78, 5) is 32.6. The highest BCUT2D eigenvalue weighted by atomic mass is 16.2. The SMILES string of the molecule is CCN(C)C(C)C(=O)N1CCc2c(nc(-c3ccncc3)nc2N(C)C)C1. The summed E-state index contributed by atoms with van der Waals surface area (Å²) >= 11 is 0. The van der Waals surface area contributed by atoms with Crippen molar-refractivity contribution in [1.29, 1.82) is 0 Å². The van der Waals surface area contributed by atoms with Gasteiger partial charge in [-0.15, -0.1) is 0 Å². The van der Waals surface area contributed by atoms with E-state index in [9.17, 15) is 4.79 Å². The van der Waals surface area contributed by atoms with Gasteiger partial charge < -0.3 is 9.80 Å². The third kappa shape index (κ3) is 3.93. The van der Waals surface area contributed by atoms with Crippen molar-refractivity contribution < 1.29 is 4.79 Å². The number of nitrogens with zero attached hydrogens (tertiary/aromatic N) is 6. The quantitative estimate of drug-likeness (QED) is 0.802. The molecule has 27 heavy (non-hydrogen) atoms. The fourth-order valence-corrected chi connectivity index (χ4v) is 3.33. The normalized spacial score (nSPS) is 14.8. The van der Waals surface area contributed by atoms with Gasteiger partial charge in [0.1, 0.15) is 5.82 Å². The zero-order chi connectivity index (χ0) is 19.6. The summed E-state index contributed by atoms with van der Waals surface area (Å²) in [6.07, 6.45) is 4.25. The van der Waals surface area contributed by atoms with E-state index in [1.165, 1.54) is 0 Å². The summed E-state index contributed by atoms with van der Waals surface area (Å²) in [7, 11) is 5.97. The molecule has 0 N–H and O–H groups in total. The maximum atomic E-state index is 12.9. The molecule has 0 saturated heterocycles. The Kier molecular flexibility index (Phi) is 5.70. The van der Waals surface area contributed by atoms with Crippen LogP contribution in [-0.2, 0) is 17.8 Å². The van der Waals surface area contributed by atoms with E-state index in [1.807, 2.05) is 50.0 Å². The molecule has 2 aromatic heterocycles. The number of rotatable bonds is 5. The average Bonchev–Trinajstić information content (AvgIpc) is 2.71. The molecule has 3 rings (SSSR count). The highest BCUT2D eigenvalue weighted by Crippen LogP contribution is 2.28. The second kappa shape index (κ2) is 8.00. The van der Waals surface area contributed by atoms with Crippen LogP contribution in [-0.4, -0.2) is 70.9 Å². The Morgan fingerprint density at radius 2 is 1.93 bits per heavy atom. The lowest BCUT2D eigenvalue weighted by atomic mass is 10.0. The number of carbonyl (C=O) groups excluding carboxylic acids is 1. The molecule has 7 nitrogen and oxygen atoms in total. The van der Waals surface area contributed by atoms with Crippen LogP contribution < -0.4 is 4.90 Å². The summed E-state index contributed by atoms with van der Waals surface area (Å²) in [5.74, 6) is 1.76. The largest absolute Gasteiger partial charge is 0.362 e. The molecule has 1 unspecified atom stereocenters. The first-order valence-electron chi connectivity index (χ1n) is 9.38. The van der Waals surface area contributed by atoms with Crippen LogP contribution in [0.25, 0.3) is 11.4 Å². The van der Waals surface area contributed by atoms with E-state index in [2.05, 4.69) is 16.8 Å². The van der Waals surface area contributed by atoms with E-state index in [1.54, 1.807) is 12.4 Å². The molecule has 0 aliphatic carbocycles. The molecular weight excluding hydrogens is 340 g/mol. The van der Waals surface area contributed by atoms with Crippen molar-refractivity contribution in [2.24, 2.45) is 0 Å². The van der Waals surface area contributed by atoms with Gasteiger partial charge in [-0.25, -0.2) is 9.97 Å². The van der Waals surface area contributed by atoms with E-state index >= 15 is 0 Å². The van der Waals surface area contributed by atoms with Gasteiger partial charge in [0.05, 0.1) is 18.3 Å². The Morgan fingerprint density at radius 3 is 2.56 bits per heavy atom. The van der Waals surface area contributed by atoms with Gasteiger partial charge in [0.25, 0.3) is 0 Å². The first kappa shape index (κ1) is 19.2. The Morgan fingerprint density at radius 1 is 1.22 bits per heavy atom. The van der Waals surface area contributed by atoms with Crippen LogP contribution in [0.1, 0.15) is 25.1 Å². The van der Waals surface area contributed by atoms with Crippen molar-refractivity contribution in [1.82, 2.24) is 24.8 Å². The van der Waals surface area contributed by atoms with Gasteiger partial charge in [0.2, 0.25) is 5.91 Å². The van der Waals surface area contributed by atoms with Crippen LogP contribution in [0.2, 0.25) is 0 Å². The van der Waals surface area contributed by atoms with E-state index in [0.717, 1.165) is 35.6 Å². The second-order valence-corrected chi connectivity index (χ2v) is 7.19. The minimum Gasteiger partial charge on any atom is -0.362 e. The standard InChI is InChI=1S/C20H28N6O/c1-6-25(5)14(2)20(27)26-12-9-16-17(13-26)22-18(23-19(16)24(3)4)15-7-10-21-11-8-15/h7-8,10-11,14H,6,9,12-13H2,1-5H3. The molecule has 1 aliphatic heterocycles. The van der Waals surface area contributed by atoms with Gasteiger partial charge in [-0.2, -0.15) is 0 Å². The third-order valence-electron chi connectivity index (χ3n) is 5.23. The zero-order valence-electron chi connectivity index (χ0n) is 16.8. The van der Waals surface area contributed by atoms with Crippen molar-refractivity contribution in [3.63, 3.8) is 0 Å². The van der Waals surface area contributed by atoms with Gasteiger partial charge in [-0.1, -0.05) is 6.92 Å². The van der Waals surface area contributed by atoms with Crippen LogP contribution in [0.15, 0.2) is 24.5 Å². The third-order valence-corrected chi connectivity index (χ3v) is 5.23. The Balaban J connectivity index is 1.95. The van der Waals surface area contributed by atoms with Gasteiger partial charge in [0.15, 0.2) is 5.82 Å². The zero-order valence-corrected chi connectivity index (χ0v) is 16.8. The Labute approximate surface area is 161 Å². The van der Waals surface area contributed by atoms with Crippen LogP contribution in [0.4, 0.5) is 5.82 Å². The van der Waals surface area contributed by atoms with Crippen LogP contribution in [0.3, 0.4) is 0 Å². The number of carbonyl (C=O) groups is 1. The fraction of sp³-hybridized carbons (Fsp3) is 0.500. The lowest BCUT2D eigenvalue weighted by Gasteiger charge is -2.34. The number of likely N-dealkylation sites (N-methyl/N-ethyl adjacent to an activating group) is 1. The highest BCUT2D eigenvalue weighted by Gasteiger charge is 2.29. The predicted molar refractivity (Wildman–Crippen MR) is 106 cm³/mol. The number of anilines is 1. The van der Waals surface area contributed by atoms with Crippen LogP contribution >= 0.6 is 0 Å². The molecule has 0 bridgehead atoms. The van der Waals surface area contributed by atoms with Crippen molar-refractivity contribution in [3.05, 3.63) is 35.8 Å². The van der Waals surface area contributed by atoms with Crippen LogP contribution in [0.5, 0.6) is 0 Å². The smallest absolute Gasteiger partial charge is 0.239 e. The van der Waals surface area contributed by atoms with Gasteiger partial charge >= 0.3 is 0 Å². The highest BCUT2D eigenvalue weighted by molar-refractivity contribution is 5.82. The van der Waals surface area contributed by atoms with Crippen molar-refractivity contribution >= 4 is 11.7 Å². The van der Waals surface area contributed by atoms with Crippen LogP contribution in [0, 0.1) is 0 Å². The lowest BCUT2D eigenvalue weighted by molar-refractivity contribution is -0.136. The molecule has 0 fully saturated rings. The fourth-order valence-electron chi connectivity index (χ4n) is 3.33. The lowest BCUT2D eigenvalue weighted by Crippen LogP contribution is -2.47. The first-order chi connectivity index (χ1) is 12.9. The number of fused-ring (bicyclic) bond motifs is 1. The molecule has 0 spiro atoms. The topological polar surface area (TPSA) is 65.5 Å². The van der Waals surface area contributed by atoms with E-state index in [0.29, 0.717) is 18.9 Å². The molecule has 3 heterocycles. The summed E-state index contributed by atoms with van der Waals surface area (Å²) in [6, 6.07) is 3.68. The molecule has 1 atom stereocenters. The molecule has 0 aromatic carbocycles. The maximum Gasteiger partial charge on any atom is 0.239 e. The minimum atomic E-state index is -0.133. The predicted octanol–water partition coefficient (Wildman–Crippen LogP) is 1.83. The Bertz CT molecular complexity index is 808. The Hall–Kier alpha value is -2.54. The van der Waals surface area contributed by atoms with Crippen molar-refractivity contribution in [2.75, 3.05) is 39.1 Å². The molecular formula is C20H28N6O. The summed E-state index contributed by atoms with van der Waals surface area (Å²) in [5.41, 5.74) is 3.00. The number of hydrogen-bond acceptors (Lipinski definition) is 6. The number of hydrogen-bond donors (Lipinski definition) is 0. The molecule has 1 amide bonds.